The molecule has 1 saturated carbocycles. The molecule has 0 saturated heterocycles. The summed E-state index contributed by atoms with van der Waals surface area (Å²) in [5, 5.41) is 4.67. The van der Waals surface area contributed by atoms with Crippen LogP contribution in [0, 0.1) is 0 Å². The molecule has 0 aliphatic heterocycles. The van der Waals surface area contributed by atoms with Crippen molar-refractivity contribution in [3.63, 3.8) is 0 Å². The maximum Gasteiger partial charge on any atom is 0.00678 e. The van der Waals surface area contributed by atoms with Crippen LogP contribution in [-0.4, -0.2) is 24.1 Å². The van der Waals surface area contributed by atoms with Crippen LogP contribution in [0.1, 0.15) is 44.1 Å². The van der Waals surface area contributed by atoms with Crippen molar-refractivity contribution < 1.29 is 0 Å². The molecule has 0 aromatic heterocycles. The number of hydrogen-bond donors (Lipinski definition) is 1. The van der Waals surface area contributed by atoms with Crippen molar-refractivity contribution >= 4 is 11.8 Å². The summed E-state index contributed by atoms with van der Waals surface area (Å²) in [6.45, 7) is 1.20. The van der Waals surface area contributed by atoms with Gasteiger partial charge in [-0.1, -0.05) is 30.3 Å². The molecule has 1 aromatic rings. The molecular formula is C17H27NS. The Kier molecular flexibility index (Phi) is 6.80. The molecule has 1 aromatic carbocycles. The van der Waals surface area contributed by atoms with Crippen LogP contribution in [-0.2, 0) is 6.42 Å². The minimum atomic E-state index is 0.792. The molecule has 0 heterocycles. The Hall–Kier alpha value is -0.470. The lowest BCUT2D eigenvalue weighted by atomic mass is 9.95. The zero-order valence-electron chi connectivity index (χ0n) is 12.1. The van der Waals surface area contributed by atoms with Crippen molar-refractivity contribution in [2.24, 2.45) is 0 Å². The van der Waals surface area contributed by atoms with E-state index in [0.717, 1.165) is 11.3 Å². The first kappa shape index (κ1) is 14.9. The van der Waals surface area contributed by atoms with Crippen LogP contribution in [0.4, 0.5) is 0 Å². The van der Waals surface area contributed by atoms with E-state index in [1.165, 1.54) is 57.1 Å². The number of benzene rings is 1. The van der Waals surface area contributed by atoms with Gasteiger partial charge in [0.2, 0.25) is 0 Å². The van der Waals surface area contributed by atoms with Crippen molar-refractivity contribution in [1.82, 2.24) is 5.32 Å². The fourth-order valence-electron chi connectivity index (χ4n) is 2.91. The Bertz CT molecular complexity index is 330. The Balaban J connectivity index is 1.51. The van der Waals surface area contributed by atoms with Crippen molar-refractivity contribution in [2.45, 2.75) is 56.2 Å². The third kappa shape index (κ3) is 5.58. The van der Waals surface area contributed by atoms with Crippen LogP contribution in [0.2, 0.25) is 0 Å². The Morgan fingerprint density at radius 1 is 1.05 bits per heavy atom. The predicted octanol–water partition coefficient (Wildman–Crippen LogP) is 4.27. The summed E-state index contributed by atoms with van der Waals surface area (Å²) >= 11 is 2.05. The average Bonchev–Trinajstić information content (AvgIpc) is 2.49. The summed E-state index contributed by atoms with van der Waals surface area (Å²) < 4.78 is 0. The quantitative estimate of drug-likeness (QED) is 0.747. The molecule has 0 amide bonds. The molecule has 1 fully saturated rings. The molecule has 0 bridgehead atoms. The molecule has 2 heteroatoms. The lowest BCUT2D eigenvalue weighted by molar-refractivity contribution is 0.377. The zero-order chi connectivity index (χ0) is 13.3. The van der Waals surface area contributed by atoms with Gasteiger partial charge in [0.05, 0.1) is 0 Å². The molecule has 0 unspecified atom stereocenters. The summed E-state index contributed by atoms with van der Waals surface area (Å²) in [5.41, 5.74) is 1.47. The fourth-order valence-corrected chi connectivity index (χ4v) is 3.65. The second kappa shape index (κ2) is 8.65. The first-order valence-electron chi connectivity index (χ1n) is 7.68. The molecule has 19 heavy (non-hydrogen) atoms. The van der Waals surface area contributed by atoms with E-state index < -0.39 is 0 Å². The first-order valence-corrected chi connectivity index (χ1v) is 8.97. The van der Waals surface area contributed by atoms with Crippen molar-refractivity contribution in [3.8, 4) is 0 Å². The smallest absolute Gasteiger partial charge is 0.00678 e. The second-order valence-electron chi connectivity index (χ2n) is 5.61. The second-order valence-corrected chi connectivity index (χ2v) is 6.74. The molecule has 106 valence electrons. The SMILES string of the molecule is CSC1CCC(NCCCCc2ccccc2)CC1. The molecular weight excluding hydrogens is 250 g/mol. The summed E-state index contributed by atoms with van der Waals surface area (Å²) in [5.74, 6) is 0. The standard InChI is InChI=1S/C17H27NS/c1-19-17-12-10-16(11-13-17)18-14-6-5-9-15-7-3-2-4-8-15/h2-4,7-8,16-18H,5-6,9-14H2,1H3. The number of aryl methyl sites for hydroxylation is 1. The number of nitrogens with one attached hydrogen (secondary N) is 1. The van der Waals surface area contributed by atoms with E-state index in [-0.39, 0.29) is 0 Å². The lowest BCUT2D eigenvalue weighted by Gasteiger charge is -2.28. The van der Waals surface area contributed by atoms with Crippen molar-refractivity contribution in [3.05, 3.63) is 35.9 Å². The Morgan fingerprint density at radius 3 is 2.47 bits per heavy atom. The van der Waals surface area contributed by atoms with Gasteiger partial charge in [0, 0.05) is 11.3 Å². The first-order chi connectivity index (χ1) is 9.38. The zero-order valence-corrected chi connectivity index (χ0v) is 12.9. The molecule has 1 N–H and O–H groups in total. The van der Waals surface area contributed by atoms with E-state index >= 15 is 0 Å². The number of unbranched alkanes of at least 4 members (excludes halogenated alkanes) is 1. The molecule has 1 aliphatic rings. The minimum absolute atomic E-state index is 0.792. The Labute approximate surface area is 122 Å². The van der Waals surface area contributed by atoms with Gasteiger partial charge in [0.25, 0.3) is 0 Å². The normalized spacial score (nSPS) is 23.4. The van der Waals surface area contributed by atoms with Crippen LogP contribution >= 0.6 is 11.8 Å². The van der Waals surface area contributed by atoms with Crippen LogP contribution in [0.3, 0.4) is 0 Å². The Morgan fingerprint density at radius 2 is 1.79 bits per heavy atom. The fraction of sp³-hybridized carbons (Fsp3) is 0.647. The van der Waals surface area contributed by atoms with E-state index in [1.807, 2.05) is 11.8 Å². The summed E-state index contributed by atoms with van der Waals surface area (Å²) in [6.07, 6.45) is 11.7. The van der Waals surface area contributed by atoms with Gasteiger partial charge in [0.1, 0.15) is 0 Å². The number of hydrogen-bond acceptors (Lipinski definition) is 2. The van der Waals surface area contributed by atoms with Gasteiger partial charge in [-0.2, -0.15) is 11.8 Å². The third-order valence-corrected chi connectivity index (χ3v) is 5.31. The van der Waals surface area contributed by atoms with Gasteiger partial charge in [-0.05, 0) is 63.3 Å². The van der Waals surface area contributed by atoms with Crippen LogP contribution in [0.5, 0.6) is 0 Å². The summed E-state index contributed by atoms with van der Waals surface area (Å²) in [6, 6.07) is 11.6. The highest BCUT2D eigenvalue weighted by molar-refractivity contribution is 7.99. The van der Waals surface area contributed by atoms with E-state index in [9.17, 15) is 0 Å². The highest BCUT2D eigenvalue weighted by atomic mass is 32.2. The van der Waals surface area contributed by atoms with Gasteiger partial charge < -0.3 is 5.32 Å². The molecule has 0 radical (unpaired) electrons. The molecule has 0 spiro atoms. The largest absolute Gasteiger partial charge is 0.314 e. The van der Waals surface area contributed by atoms with E-state index in [2.05, 4.69) is 41.9 Å². The average molecular weight is 277 g/mol. The van der Waals surface area contributed by atoms with Crippen LogP contribution in [0.15, 0.2) is 30.3 Å². The molecule has 2 rings (SSSR count). The third-order valence-electron chi connectivity index (χ3n) is 4.18. The minimum Gasteiger partial charge on any atom is -0.314 e. The topological polar surface area (TPSA) is 12.0 Å². The summed E-state index contributed by atoms with van der Waals surface area (Å²) in [7, 11) is 0. The van der Waals surface area contributed by atoms with E-state index in [4.69, 9.17) is 0 Å². The predicted molar refractivity (Wildman–Crippen MR) is 86.9 cm³/mol. The van der Waals surface area contributed by atoms with Crippen molar-refractivity contribution in [2.75, 3.05) is 12.8 Å². The van der Waals surface area contributed by atoms with E-state index in [1.54, 1.807) is 0 Å². The maximum atomic E-state index is 3.74. The monoisotopic (exact) mass is 277 g/mol. The van der Waals surface area contributed by atoms with Gasteiger partial charge in [0.15, 0.2) is 0 Å². The molecule has 1 nitrogen and oxygen atoms in total. The lowest BCUT2D eigenvalue weighted by Crippen LogP contribution is -2.34. The van der Waals surface area contributed by atoms with Crippen molar-refractivity contribution in [1.29, 1.82) is 0 Å². The van der Waals surface area contributed by atoms with Crippen LogP contribution in [0.25, 0.3) is 0 Å². The van der Waals surface area contributed by atoms with Gasteiger partial charge in [-0.15, -0.1) is 0 Å². The van der Waals surface area contributed by atoms with Gasteiger partial charge in [-0.25, -0.2) is 0 Å². The van der Waals surface area contributed by atoms with Crippen LogP contribution < -0.4 is 5.32 Å². The number of rotatable bonds is 7. The highest BCUT2D eigenvalue weighted by Crippen LogP contribution is 2.26. The maximum absolute atomic E-state index is 3.74. The van der Waals surface area contributed by atoms with E-state index in [0.29, 0.717) is 0 Å². The molecule has 1 aliphatic carbocycles. The molecule has 0 atom stereocenters. The summed E-state index contributed by atoms with van der Waals surface area (Å²) in [4.78, 5) is 0. The van der Waals surface area contributed by atoms with Gasteiger partial charge in [-0.3, -0.25) is 0 Å². The van der Waals surface area contributed by atoms with Gasteiger partial charge >= 0.3 is 0 Å². The number of thioether (sulfide) groups is 1. The highest BCUT2D eigenvalue weighted by Gasteiger charge is 2.19.